The van der Waals surface area contributed by atoms with Crippen molar-refractivity contribution >= 4 is 11.6 Å². The average Bonchev–Trinajstić information content (AvgIpc) is 2.83. The van der Waals surface area contributed by atoms with Crippen molar-refractivity contribution in [1.82, 2.24) is 0 Å². The molecule has 0 aliphatic carbocycles. The van der Waals surface area contributed by atoms with E-state index in [4.69, 9.17) is 10.00 Å². The summed E-state index contributed by atoms with van der Waals surface area (Å²) < 4.78 is 5.27. The first-order chi connectivity index (χ1) is 7.79. The van der Waals surface area contributed by atoms with E-state index in [-0.39, 0.29) is 12.0 Å². The normalized spacial score (nSPS) is 19.1. The van der Waals surface area contributed by atoms with Gasteiger partial charge in [-0.15, -0.1) is 0 Å². The van der Waals surface area contributed by atoms with E-state index in [2.05, 4.69) is 5.32 Å². The molecule has 1 N–H and O–H groups in total. The highest BCUT2D eigenvalue weighted by Gasteiger charge is 2.23. The molecule has 1 aliphatic rings. The monoisotopic (exact) mass is 216 g/mol. The minimum atomic E-state index is -0.323. The van der Waals surface area contributed by atoms with Crippen LogP contribution in [0, 0.1) is 11.3 Å². The predicted octanol–water partition coefficient (Wildman–Crippen LogP) is 1.68. The number of hydrogen-bond acceptors (Lipinski definition) is 3. The second-order valence-electron chi connectivity index (χ2n) is 3.68. The van der Waals surface area contributed by atoms with Crippen LogP contribution in [0.4, 0.5) is 5.69 Å². The Bertz CT molecular complexity index is 414. The summed E-state index contributed by atoms with van der Waals surface area (Å²) in [6, 6.07) is 8.80. The Morgan fingerprint density at radius 1 is 1.44 bits per heavy atom. The molecule has 0 spiro atoms. The molecule has 1 heterocycles. The third-order valence-corrected chi connectivity index (χ3v) is 2.50. The minimum Gasteiger partial charge on any atom is -0.368 e. The van der Waals surface area contributed by atoms with Crippen molar-refractivity contribution in [3.63, 3.8) is 0 Å². The molecule has 4 nitrogen and oxygen atoms in total. The van der Waals surface area contributed by atoms with Crippen LogP contribution >= 0.6 is 0 Å². The molecule has 1 saturated heterocycles. The highest BCUT2D eigenvalue weighted by Crippen LogP contribution is 2.15. The van der Waals surface area contributed by atoms with Crippen molar-refractivity contribution in [2.24, 2.45) is 0 Å². The molecule has 1 aromatic rings. The number of nitrogens with one attached hydrogen (secondary N) is 1. The summed E-state index contributed by atoms with van der Waals surface area (Å²) in [5, 5.41) is 11.4. The van der Waals surface area contributed by atoms with Crippen LogP contribution in [0.3, 0.4) is 0 Å². The molecule has 0 unspecified atom stereocenters. The van der Waals surface area contributed by atoms with Gasteiger partial charge in [0.2, 0.25) is 0 Å². The third kappa shape index (κ3) is 2.38. The zero-order chi connectivity index (χ0) is 11.4. The van der Waals surface area contributed by atoms with E-state index < -0.39 is 0 Å². The first kappa shape index (κ1) is 10.7. The topological polar surface area (TPSA) is 62.1 Å². The largest absolute Gasteiger partial charge is 0.368 e. The van der Waals surface area contributed by atoms with Gasteiger partial charge in [-0.1, -0.05) is 0 Å². The van der Waals surface area contributed by atoms with Crippen molar-refractivity contribution < 1.29 is 9.53 Å². The number of amides is 1. The van der Waals surface area contributed by atoms with Crippen molar-refractivity contribution in [2.45, 2.75) is 18.9 Å². The maximum absolute atomic E-state index is 11.7. The van der Waals surface area contributed by atoms with Crippen molar-refractivity contribution in [1.29, 1.82) is 5.26 Å². The number of nitrogens with zero attached hydrogens (tertiary/aromatic N) is 1. The van der Waals surface area contributed by atoms with Gasteiger partial charge in [-0.2, -0.15) is 5.26 Å². The van der Waals surface area contributed by atoms with Crippen LogP contribution in [0.15, 0.2) is 24.3 Å². The lowest BCUT2D eigenvalue weighted by Gasteiger charge is -2.10. The van der Waals surface area contributed by atoms with Crippen molar-refractivity contribution in [3.8, 4) is 6.07 Å². The molecule has 1 amide bonds. The molecule has 1 aliphatic heterocycles. The Morgan fingerprint density at radius 3 is 2.75 bits per heavy atom. The molecule has 4 heteroatoms. The van der Waals surface area contributed by atoms with Crippen LogP contribution in [0.5, 0.6) is 0 Å². The summed E-state index contributed by atoms with van der Waals surface area (Å²) in [6.07, 6.45) is 1.39. The molecule has 16 heavy (non-hydrogen) atoms. The number of ether oxygens (including phenoxy) is 1. The lowest BCUT2D eigenvalue weighted by Crippen LogP contribution is -2.26. The summed E-state index contributed by atoms with van der Waals surface area (Å²) in [5.74, 6) is -0.109. The lowest BCUT2D eigenvalue weighted by atomic mass is 10.2. The fourth-order valence-corrected chi connectivity index (χ4v) is 1.64. The maximum atomic E-state index is 11.7. The van der Waals surface area contributed by atoms with Gasteiger partial charge in [0, 0.05) is 12.3 Å². The summed E-state index contributed by atoms with van der Waals surface area (Å²) in [7, 11) is 0. The van der Waals surface area contributed by atoms with Gasteiger partial charge in [-0.3, -0.25) is 4.79 Å². The Balaban J connectivity index is 1.98. The number of benzene rings is 1. The van der Waals surface area contributed by atoms with E-state index in [1.165, 1.54) is 0 Å². The average molecular weight is 216 g/mol. The number of rotatable bonds is 2. The van der Waals surface area contributed by atoms with E-state index in [0.29, 0.717) is 17.9 Å². The van der Waals surface area contributed by atoms with Gasteiger partial charge in [0.15, 0.2) is 0 Å². The zero-order valence-corrected chi connectivity index (χ0v) is 8.77. The Labute approximate surface area is 93.8 Å². The van der Waals surface area contributed by atoms with E-state index in [9.17, 15) is 4.79 Å². The van der Waals surface area contributed by atoms with Crippen LogP contribution in [0.2, 0.25) is 0 Å². The molecule has 0 radical (unpaired) electrons. The number of carbonyl (C=O) groups is 1. The number of hydrogen-bond donors (Lipinski definition) is 1. The summed E-state index contributed by atoms with van der Waals surface area (Å²) in [5.41, 5.74) is 1.27. The Morgan fingerprint density at radius 2 is 2.19 bits per heavy atom. The second-order valence-corrected chi connectivity index (χ2v) is 3.68. The standard InChI is InChI=1S/C12H12N2O2/c13-8-9-3-5-10(6-4-9)14-12(15)11-2-1-7-16-11/h3-6,11H,1-2,7H2,(H,14,15)/t11-/m1/s1. The van der Waals surface area contributed by atoms with Gasteiger partial charge < -0.3 is 10.1 Å². The quantitative estimate of drug-likeness (QED) is 0.818. The van der Waals surface area contributed by atoms with Gasteiger partial charge in [-0.05, 0) is 37.1 Å². The van der Waals surface area contributed by atoms with E-state index in [0.717, 1.165) is 12.8 Å². The smallest absolute Gasteiger partial charge is 0.253 e. The summed E-state index contributed by atoms with van der Waals surface area (Å²) in [4.78, 5) is 11.7. The second kappa shape index (κ2) is 4.77. The third-order valence-electron chi connectivity index (χ3n) is 2.50. The highest BCUT2D eigenvalue weighted by atomic mass is 16.5. The van der Waals surface area contributed by atoms with Gasteiger partial charge in [-0.25, -0.2) is 0 Å². The van der Waals surface area contributed by atoms with Crippen LogP contribution in [0.25, 0.3) is 0 Å². The van der Waals surface area contributed by atoms with Gasteiger partial charge in [0.1, 0.15) is 6.10 Å². The van der Waals surface area contributed by atoms with Crippen LogP contribution < -0.4 is 5.32 Å². The van der Waals surface area contributed by atoms with Gasteiger partial charge in [0.05, 0.1) is 11.6 Å². The molecule has 1 atom stereocenters. The minimum absolute atomic E-state index is 0.109. The molecular formula is C12H12N2O2. The highest BCUT2D eigenvalue weighted by molar-refractivity contribution is 5.94. The molecular weight excluding hydrogens is 204 g/mol. The van der Waals surface area contributed by atoms with E-state index >= 15 is 0 Å². The van der Waals surface area contributed by atoms with Crippen LogP contribution in [-0.2, 0) is 9.53 Å². The molecule has 0 aromatic heterocycles. The first-order valence-corrected chi connectivity index (χ1v) is 5.22. The predicted molar refractivity (Wildman–Crippen MR) is 58.8 cm³/mol. The lowest BCUT2D eigenvalue weighted by molar-refractivity contribution is -0.124. The molecule has 82 valence electrons. The Kier molecular flexibility index (Phi) is 3.18. The summed E-state index contributed by atoms with van der Waals surface area (Å²) >= 11 is 0. The number of carbonyl (C=O) groups excluding carboxylic acids is 1. The van der Waals surface area contributed by atoms with Gasteiger partial charge in [0.25, 0.3) is 5.91 Å². The summed E-state index contributed by atoms with van der Waals surface area (Å²) in [6.45, 7) is 0.658. The zero-order valence-electron chi connectivity index (χ0n) is 8.77. The number of anilines is 1. The van der Waals surface area contributed by atoms with Crippen LogP contribution in [0.1, 0.15) is 18.4 Å². The molecule has 1 fully saturated rings. The molecule has 2 rings (SSSR count). The number of nitriles is 1. The molecule has 0 saturated carbocycles. The van der Waals surface area contributed by atoms with Crippen molar-refractivity contribution in [3.05, 3.63) is 29.8 Å². The van der Waals surface area contributed by atoms with E-state index in [1.54, 1.807) is 24.3 Å². The fourth-order valence-electron chi connectivity index (χ4n) is 1.64. The molecule has 1 aromatic carbocycles. The van der Waals surface area contributed by atoms with Crippen LogP contribution in [-0.4, -0.2) is 18.6 Å². The van der Waals surface area contributed by atoms with Crippen molar-refractivity contribution in [2.75, 3.05) is 11.9 Å². The Hall–Kier alpha value is -1.86. The fraction of sp³-hybridized carbons (Fsp3) is 0.333. The van der Waals surface area contributed by atoms with E-state index in [1.807, 2.05) is 6.07 Å². The SMILES string of the molecule is N#Cc1ccc(NC(=O)[C@H]2CCCO2)cc1. The first-order valence-electron chi connectivity index (χ1n) is 5.22. The maximum Gasteiger partial charge on any atom is 0.253 e. The molecule has 0 bridgehead atoms. The van der Waals surface area contributed by atoms with Gasteiger partial charge >= 0.3 is 0 Å².